The average molecular weight is 348 g/mol. The summed E-state index contributed by atoms with van der Waals surface area (Å²) in [6.07, 6.45) is 6.36. The smallest absolute Gasteiger partial charge is 0.124 e. The Bertz CT molecular complexity index is 733. The van der Waals surface area contributed by atoms with Crippen LogP contribution in [0.15, 0.2) is 54.6 Å². The summed E-state index contributed by atoms with van der Waals surface area (Å²) in [5, 5.41) is 3.99. The first-order valence-electron chi connectivity index (χ1n) is 10.1. The third-order valence-corrected chi connectivity index (χ3v) is 6.49. The zero-order valence-corrected chi connectivity index (χ0v) is 15.3. The van der Waals surface area contributed by atoms with Gasteiger partial charge in [-0.25, -0.2) is 0 Å². The average Bonchev–Trinajstić information content (AvgIpc) is 2.91. The molecule has 0 amide bonds. The summed E-state index contributed by atoms with van der Waals surface area (Å²) in [4.78, 5) is 2.77. The summed E-state index contributed by atoms with van der Waals surface area (Å²) in [5.74, 6) is 1.07. The summed E-state index contributed by atoms with van der Waals surface area (Å²) in [5.41, 5.74) is 2.80. The number of nitrogens with one attached hydrogen (secondary N) is 1. The van der Waals surface area contributed by atoms with Gasteiger partial charge in [0.15, 0.2) is 0 Å². The first-order valence-corrected chi connectivity index (χ1v) is 10.1. The van der Waals surface area contributed by atoms with Crippen LogP contribution < -0.4 is 10.1 Å². The van der Waals surface area contributed by atoms with E-state index in [1.165, 1.54) is 36.8 Å². The Balaban J connectivity index is 1.26. The molecule has 3 nitrogen and oxygen atoms in total. The van der Waals surface area contributed by atoms with Gasteiger partial charge < -0.3 is 10.1 Å². The van der Waals surface area contributed by atoms with Crippen LogP contribution in [0.1, 0.15) is 49.3 Å². The Hall–Kier alpha value is -1.84. The largest absolute Gasteiger partial charge is 0.493 e. The van der Waals surface area contributed by atoms with Gasteiger partial charge in [0.2, 0.25) is 0 Å². The van der Waals surface area contributed by atoms with Gasteiger partial charge in [-0.1, -0.05) is 48.5 Å². The van der Waals surface area contributed by atoms with Gasteiger partial charge in [-0.05, 0) is 37.3 Å². The third kappa shape index (κ3) is 3.15. The van der Waals surface area contributed by atoms with E-state index >= 15 is 0 Å². The fraction of sp³-hybridized carbons (Fsp3) is 0.478. The minimum Gasteiger partial charge on any atom is -0.493 e. The highest BCUT2D eigenvalue weighted by Crippen LogP contribution is 2.39. The van der Waals surface area contributed by atoms with Crippen molar-refractivity contribution in [3.8, 4) is 5.75 Å². The number of hydrogen-bond donors (Lipinski definition) is 1. The quantitative estimate of drug-likeness (QED) is 0.892. The molecule has 4 atom stereocenters. The van der Waals surface area contributed by atoms with E-state index in [0.29, 0.717) is 12.1 Å². The van der Waals surface area contributed by atoms with E-state index in [-0.39, 0.29) is 0 Å². The van der Waals surface area contributed by atoms with E-state index in [1.807, 2.05) is 0 Å². The van der Waals surface area contributed by atoms with Gasteiger partial charge in [0.1, 0.15) is 5.75 Å². The van der Waals surface area contributed by atoms with Crippen LogP contribution in [-0.2, 0) is 6.54 Å². The molecule has 2 bridgehead atoms. The van der Waals surface area contributed by atoms with Crippen molar-refractivity contribution in [3.05, 3.63) is 65.7 Å². The van der Waals surface area contributed by atoms with Crippen LogP contribution >= 0.6 is 0 Å². The van der Waals surface area contributed by atoms with Crippen molar-refractivity contribution in [1.29, 1.82) is 0 Å². The molecule has 2 fully saturated rings. The fourth-order valence-electron chi connectivity index (χ4n) is 5.26. The molecule has 3 aliphatic rings. The minimum absolute atomic E-state index is 0.449. The lowest BCUT2D eigenvalue weighted by Gasteiger charge is -2.41. The van der Waals surface area contributed by atoms with Crippen molar-refractivity contribution >= 4 is 0 Å². The van der Waals surface area contributed by atoms with Crippen molar-refractivity contribution < 1.29 is 4.74 Å². The van der Waals surface area contributed by atoms with Crippen LogP contribution in [0.4, 0.5) is 0 Å². The number of nitrogens with zero attached hydrogens (tertiary/aromatic N) is 1. The predicted molar refractivity (Wildman–Crippen MR) is 104 cm³/mol. The van der Waals surface area contributed by atoms with Crippen molar-refractivity contribution in [2.45, 2.75) is 62.8 Å². The predicted octanol–water partition coefficient (Wildman–Crippen LogP) is 4.30. The molecule has 2 saturated heterocycles. The van der Waals surface area contributed by atoms with Crippen LogP contribution in [-0.4, -0.2) is 29.6 Å². The molecule has 0 radical (unpaired) electrons. The van der Waals surface area contributed by atoms with Gasteiger partial charge in [0.25, 0.3) is 0 Å². The number of piperidine rings is 1. The Kier molecular flexibility index (Phi) is 4.43. The van der Waals surface area contributed by atoms with Crippen molar-refractivity contribution in [2.75, 3.05) is 6.61 Å². The maximum absolute atomic E-state index is 5.83. The highest BCUT2D eigenvalue weighted by atomic mass is 16.5. The summed E-state index contributed by atoms with van der Waals surface area (Å²) in [6, 6.07) is 22.1. The minimum atomic E-state index is 0.449. The molecule has 3 aliphatic heterocycles. The normalized spacial score (nSPS) is 30.6. The lowest BCUT2D eigenvalue weighted by molar-refractivity contribution is 0.101. The van der Waals surface area contributed by atoms with Crippen LogP contribution in [0.5, 0.6) is 5.75 Å². The molecule has 3 heterocycles. The molecule has 2 aromatic carbocycles. The molecule has 1 unspecified atom stereocenters. The Morgan fingerprint density at radius 2 is 1.62 bits per heavy atom. The van der Waals surface area contributed by atoms with Gasteiger partial charge in [-0.2, -0.15) is 0 Å². The number of fused-ring (bicyclic) bond motifs is 3. The summed E-state index contributed by atoms with van der Waals surface area (Å²) >= 11 is 0. The standard InChI is InChI=1S/C23H28N2O/c1-2-6-17(7-3-1)16-25-19-10-11-20(25)15-18(14-19)24-22-12-13-26-23-9-5-4-8-21(22)23/h1-9,18-20,22,24H,10-16H2/t18?,19-,20+,22-/m0/s1. The monoisotopic (exact) mass is 348 g/mol. The van der Waals surface area contributed by atoms with E-state index in [2.05, 4.69) is 64.8 Å². The van der Waals surface area contributed by atoms with Crippen molar-refractivity contribution in [3.63, 3.8) is 0 Å². The number of para-hydroxylation sites is 1. The third-order valence-electron chi connectivity index (χ3n) is 6.49. The number of ether oxygens (including phenoxy) is 1. The molecule has 0 saturated carbocycles. The van der Waals surface area contributed by atoms with Crippen LogP contribution in [0.3, 0.4) is 0 Å². The van der Waals surface area contributed by atoms with Crippen LogP contribution in [0.25, 0.3) is 0 Å². The fourth-order valence-corrected chi connectivity index (χ4v) is 5.26. The summed E-state index contributed by atoms with van der Waals surface area (Å²) in [6.45, 7) is 1.94. The van der Waals surface area contributed by atoms with E-state index < -0.39 is 0 Å². The summed E-state index contributed by atoms with van der Waals surface area (Å²) < 4.78 is 5.83. The Morgan fingerprint density at radius 3 is 2.42 bits per heavy atom. The van der Waals surface area contributed by atoms with Gasteiger partial charge >= 0.3 is 0 Å². The maximum atomic E-state index is 5.83. The second-order valence-electron chi connectivity index (χ2n) is 8.11. The van der Waals surface area contributed by atoms with Crippen LogP contribution in [0.2, 0.25) is 0 Å². The van der Waals surface area contributed by atoms with Gasteiger partial charge in [-0.15, -0.1) is 0 Å². The van der Waals surface area contributed by atoms with Gasteiger partial charge in [0.05, 0.1) is 6.61 Å². The molecule has 26 heavy (non-hydrogen) atoms. The molecule has 0 spiro atoms. The highest BCUT2D eigenvalue weighted by Gasteiger charge is 2.41. The topological polar surface area (TPSA) is 24.5 Å². The van der Waals surface area contributed by atoms with Crippen LogP contribution in [0, 0.1) is 0 Å². The SMILES string of the molecule is c1ccc(CN2[C@@H]3CC[C@H]2CC(N[C@H]2CCOc4ccccc42)C3)cc1. The molecule has 0 aromatic heterocycles. The lowest BCUT2D eigenvalue weighted by atomic mass is 9.93. The van der Waals surface area contributed by atoms with Gasteiger partial charge in [-0.3, -0.25) is 4.90 Å². The zero-order valence-electron chi connectivity index (χ0n) is 15.3. The first kappa shape index (κ1) is 16.3. The number of benzene rings is 2. The molecule has 1 N–H and O–H groups in total. The Labute approximate surface area is 156 Å². The molecule has 3 heteroatoms. The first-order chi connectivity index (χ1) is 12.9. The molecular weight excluding hydrogens is 320 g/mol. The van der Waals surface area contributed by atoms with E-state index in [0.717, 1.165) is 37.4 Å². The van der Waals surface area contributed by atoms with Gasteiger partial charge in [0, 0.05) is 42.7 Å². The second kappa shape index (κ2) is 7.05. The van der Waals surface area contributed by atoms with E-state index in [4.69, 9.17) is 4.74 Å². The molecule has 2 aromatic rings. The molecule has 0 aliphatic carbocycles. The highest BCUT2D eigenvalue weighted by molar-refractivity contribution is 5.37. The zero-order chi connectivity index (χ0) is 17.3. The second-order valence-corrected chi connectivity index (χ2v) is 8.11. The Morgan fingerprint density at radius 1 is 0.885 bits per heavy atom. The molecule has 136 valence electrons. The van der Waals surface area contributed by atoms with Crippen molar-refractivity contribution in [1.82, 2.24) is 10.2 Å². The summed E-state index contributed by atoms with van der Waals surface area (Å²) in [7, 11) is 0. The molecule has 5 rings (SSSR count). The number of hydrogen-bond acceptors (Lipinski definition) is 3. The van der Waals surface area contributed by atoms with E-state index in [1.54, 1.807) is 0 Å². The lowest BCUT2D eigenvalue weighted by Crippen LogP contribution is -2.49. The van der Waals surface area contributed by atoms with E-state index in [9.17, 15) is 0 Å². The van der Waals surface area contributed by atoms with Crippen molar-refractivity contribution in [2.24, 2.45) is 0 Å². The maximum Gasteiger partial charge on any atom is 0.124 e. The molecular formula is C23H28N2O. The number of rotatable bonds is 4.